The molecule has 2 aliphatic rings. The van der Waals surface area contributed by atoms with Crippen LogP contribution in [0, 0.1) is 0 Å². The number of aromatic nitrogens is 3. The highest BCUT2D eigenvalue weighted by molar-refractivity contribution is 7.09. The van der Waals surface area contributed by atoms with Crippen LogP contribution in [0.4, 0.5) is 5.69 Å². The minimum atomic E-state index is -0.639. The molecule has 1 atom stereocenters. The highest BCUT2D eigenvalue weighted by Crippen LogP contribution is 2.45. The van der Waals surface area contributed by atoms with Crippen LogP contribution in [0.15, 0.2) is 60.4 Å². The number of carbonyl (C=O) groups is 1. The van der Waals surface area contributed by atoms with Crippen LogP contribution in [0.3, 0.4) is 0 Å². The summed E-state index contributed by atoms with van der Waals surface area (Å²) in [6.07, 6.45) is 4.38. The Labute approximate surface area is 194 Å². The van der Waals surface area contributed by atoms with E-state index in [0.29, 0.717) is 24.7 Å². The van der Waals surface area contributed by atoms with E-state index in [4.69, 9.17) is 11.6 Å². The number of fused-ring (bicyclic) bond motifs is 3. The molecule has 160 valence electrons. The first-order valence-electron chi connectivity index (χ1n) is 10.6. The molecule has 2 aromatic carbocycles. The third-order valence-corrected chi connectivity index (χ3v) is 7.51. The molecule has 0 saturated carbocycles. The quantitative estimate of drug-likeness (QED) is 0.451. The Kier molecular flexibility index (Phi) is 4.71. The summed E-state index contributed by atoms with van der Waals surface area (Å²) in [5, 5.41) is 11.9. The second-order valence-corrected chi connectivity index (χ2v) is 9.80. The zero-order valence-electron chi connectivity index (χ0n) is 17.2. The van der Waals surface area contributed by atoms with Gasteiger partial charge in [0.1, 0.15) is 10.5 Å². The zero-order valence-corrected chi connectivity index (χ0v) is 18.8. The van der Waals surface area contributed by atoms with E-state index in [1.807, 2.05) is 41.4 Å². The van der Waals surface area contributed by atoms with Crippen LogP contribution < -0.4 is 4.90 Å². The third-order valence-electron chi connectivity index (χ3n) is 6.59. The fourth-order valence-electron chi connectivity index (χ4n) is 5.18. The number of carbonyl (C=O) groups excluding carboxylic acids is 1. The van der Waals surface area contributed by atoms with Crippen molar-refractivity contribution < 1.29 is 4.79 Å². The van der Waals surface area contributed by atoms with Crippen molar-refractivity contribution in [2.45, 2.75) is 24.9 Å². The lowest BCUT2D eigenvalue weighted by molar-refractivity contribution is -0.123. The molecule has 0 N–H and O–H groups in total. The summed E-state index contributed by atoms with van der Waals surface area (Å²) in [5.41, 5.74) is 4.18. The first kappa shape index (κ1) is 19.8. The van der Waals surface area contributed by atoms with E-state index in [0.717, 1.165) is 45.6 Å². The predicted octanol–water partition coefficient (Wildman–Crippen LogP) is 4.43. The molecule has 0 aliphatic carbocycles. The minimum Gasteiger partial charge on any atom is -0.309 e. The summed E-state index contributed by atoms with van der Waals surface area (Å²) >= 11 is 7.95. The molecule has 4 aromatic rings. The van der Waals surface area contributed by atoms with E-state index in [1.165, 1.54) is 0 Å². The largest absolute Gasteiger partial charge is 0.309 e. The topological polar surface area (TPSA) is 62.2 Å². The normalized spacial score (nSPS) is 20.9. The molecule has 4 heterocycles. The Morgan fingerprint density at radius 3 is 2.94 bits per heavy atom. The van der Waals surface area contributed by atoms with Crippen molar-refractivity contribution in [3.05, 3.63) is 81.5 Å². The molecule has 32 heavy (non-hydrogen) atoms. The maximum Gasteiger partial charge on any atom is 0.239 e. The van der Waals surface area contributed by atoms with Gasteiger partial charge in [-0.3, -0.25) is 14.7 Å². The minimum absolute atomic E-state index is 0.112. The number of pyridine rings is 1. The van der Waals surface area contributed by atoms with Gasteiger partial charge >= 0.3 is 0 Å². The summed E-state index contributed by atoms with van der Waals surface area (Å²) in [6.45, 7) is 2.72. The highest BCUT2D eigenvalue weighted by atomic mass is 35.5. The number of halogens is 1. The Morgan fingerprint density at radius 1 is 1.16 bits per heavy atom. The van der Waals surface area contributed by atoms with E-state index in [2.05, 4.69) is 32.2 Å². The second-order valence-electron chi connectivity index (χ2n) is 8.45. The van der Waals surface area contributed by atoms with Crippen molar-refractivity contribution in [3.63, 3.8) is 0 Å². The Bertz CT molecular complexity index is 1320. The average molecular weight is 462 g/mol. The van der Waals surface area contributed by atoms with Crippen LogP contribution in [-0.2, 0) is 23.3 Å². The average Bonchev–Trinajstić information content (AvgIpc) is 3.43. The lowest BCUT2D eigenvalue weighted by Gasteiger charge is -2.40. The lowest BCUT2D eigenvalue weighted by Crippen LogP contribution is -2.50. The highest BCUT2D eigenvalue weighted by Gasteiger charge is 2.52. The summed E-state index contributed by atoms with van der Waals surface area (Å²) in [7, 11) is 0. The van der Waals surface area contributed by atoms with Crippen LogP contribution in [0.25, 0.3) is 10.8 Å². The number of amides is 1. The van der Waals surface area contributed by atoms with Gasteiger partial charge in [0.05, 0.1) is 23.8 Å². The molecule has 1 amide bonds. The monoisotopic (exact) mass is 461 g/mol. The number of rotatable bonds is 3. The summed E-state index contributed by atoms with van der Waals surface area (Å²) < 4.78 is 0. The lowest BCUT2D eigenvalue weighted by atomic mass is 9.73. The molecule has 1 fully saturated rings. The van der Waals surface area contributed by atoms with Crippen LogP contribution in [-0.4, -0.2) is 39.1 Å². The fourth-order valence-corrected chi connectivity index (χ4v) is 5.91. The van der Waals surface area contributed by atoms with E-state index in [1.54, 1.807) is 23.0 Å². The molecular weight excluding hydrogens is 442 g/mol. The number of hydrogen-bond donors (Lipinski definition) is 0. The fraction of sp³-hybridized carbons (Fsp3) is 0.250. The molecule has 0 bridgehead atoms. The van der Waals surface area contributed by atoms with Crippen molar-refractivity contribution in [1.82, 2.24) is 20.1 Å². The van der Waals surface area contributed by atoms with Gasteiger partial charge in [-0.1, -0.05) is 41.9 Å². The van der Waals surface area contributed by atoms with Crippen LogP contribution in [0.5, 0.6) is 0 Å². The summed E-state index contributed by atoms with van der Waals surface area (Å²) in [4.78, 5) is 22.8. The summed E-state index contributed by atoms with van der Waals surface area (Å²) in [6, 6.07) is 14.0. The second kappa shape index (κ2) is 7.62. The first-order valence-corrected chi connectivity index (χ1v) is 11.8. The van der Waals surface area contributed by atoms with Crippen LogP contribution >= 0.6 is 22.9 Å². The van der Waals surface area contributed by atoms with E-state index in [9.17, 15) is 4.79 Å². The number of nitrogens with zero attached hydrogens (tertiary/aromatic N) is 5. The molecule has 1 saturated heterocycles. The van der Waals surface area contributed by atoms with Gasteiger partial charge in [-0.2, -0.15) is 0 Å². The first-order chi connectivity index (χ1) is 15.6. The molecule has 8 heteroatoms. The smallest absolute Gasteiger partial charge is 0.239 e. The van der Waals surface area contributed by atoms with Crippen molar-refractivity contribution in [1.29, 1.82) is 0 Å². The van der Waals surface area contributed by atoms with Gasteiger partial charge in [0.25, 0.3) is 0 Å². The number of anilines is 1. The van der Waals surface area contributed by atoms with Crippen molar-refractivity contribution in [2.75, 3.05) is 18.0 Å². The van der Waals surface area contributed by atoms with Gasteiger partial charge in [-0.05, 0) is 29.7 Å². The predicted molar refractivity (Wildman–Crippen MR) is 126 cm³/mol. The van der Waals surface area contributed by atoms with E-state index >= 15 is 0 Å². The molecule has 6 nitrogen and oxygen atoms in total. The maximum atomic E-state index is 14.2. The Hall–Kier alpha value is -2.87. The molecule has 1 unspecified atom stereocenters. The van der Waals surface area contributed by atoms with E-state index in [-0.39, 0.29) is 5.91 Å². The summed E-state index contributed by atoms with van der Waals surface area (Å²) in [5.74, 6) is 0.112. The van der Waals surface area contributed by atoms with Gasteiger partial charge in [0.2, 0.25) is 5.91 Å². The standard InChI is InChI=1S/C24H20ClN5OS/c25-18-6-5-17-12-29(13-22-28-27-15-32-22)14-24(20(17)9-18)7-8-30(23(24)31)21-11-26-10-16-3-1-2-4-19(16)21/h1-6,9-11,15H,7-8,12-14H2. The zero-order chi connectivity index (χ0) is 21.7. The van der Waals surface area contributed by atoms with Crippen LogP contribution in [0.2, 0.25) is 5.02 Å². The van der Waals surface area contributed by atoms with Crippen LogP contribution in [0.1, 0.15) is 22.6 Å². The van der Waals surface area contributed by atoms with Crippen molar-refractivity contribution in [3.8, 4) is 0 Å². The van der Waals surface area contributed by atoms with Crippen molar-refractivity contribution >= 4 is 45.3 Å². The molecular formula is C24H20ClN5OS. The van der Waals surface area contributed by atoms with Gasteiger partial charge in [0.15, 0.2) is 0 Å². The Morgan fingerprint density at radius 2 is 2.06 bits per heavy atom. The van der Waals surface area contributed by atoms with Gasteiger partial charge in [-0.25, -0.2) is 0 Å². The molecule has 6 rings (SSSR count). The molecule has 2 aromatic heterocycles. The maximum absolute atomic E-state index is 14.2. The third kappa shape index (κ3) is 3.11. The molecule has 1 spiro atoms. The van der Waals surface area contributed by atoms with Gasteiger partial charge in [0, 0.05) is 41.6 Å². The van der Waals surface area contributed by atoms with E-state index < -0.39 is 5.41 Å². The number of benzene rings is 2. The number of hydrogen-bond acceptors (Lipinski definition) is 6. The van der Waals surface area contributed by atoms with Gasteiger partial charge in [-0.15, -0.1) is 21.5 Å². The SMILES string of the molecule is O=C1N(c2cncc3ccccc23)CCC12CN(Cc1nncs1)Cc1ccc(Cl)cc12. The Balaban J connectivity index is 1.43. The molecule has 2 aliphatic heterocycles. The molecule has 0 radical (unpaired) electrons. The van der Waals surface area contributed by atoms with Gasteiger partial charge < -0.3 is 4.90 Å². The van der Waals surface area contributed by atoms with Crippen molar-refractivity contribution in [2.24, 2.45) is 0 Å².